The molecule has 0 radical (unpaired) electrons. The molecule has 14 heavy (non-hydrogen) atoms. The molecule has 1 heterocycles. The predicted octanol–water partition coefficient (Wildman–Crippen LogP) is 0.900. The first kappa shape index (κ1) is 10.4. The van der Waals surface area contributed by atoms with Crippen LogP contribution in [0, 0.1) is 5.41 Å². The Labute approximate surface area is 83.1 Å². The second-order valence-corrected chi connectivity index (χ2v) is 2.71. The molecule has 0 aliphatic heterocycles. The normalized spacial score (nSPS) is 12.9. The Hall–Kier alpha value is -1.68. The molecular formula is C10H14N4. The summed E-state index contributed by atoms with van der Waals surface area (Å²) in [5.74, 6) is 0. The van der Waals surface area contributed by atoms with E-state index in [1.807, 2.05) is 25.4 Å². The fraction of sp³-hybridized carbons (Fsp3) is 0.200. The average molecular weight is 190 g/mol. The molecule has 1 rings (SSSR count). The molecule has 0 aliphatic rings. The number of hydrogen-bond donors (Lipinski definition) is 2. The largest absolute Gasteiger partial charge is 0.312 e. The van der Waals surface area contributed by atoms with Crippen molar-refractivity contribution in [3.05, 3.63) is 42.7 Å². The van der Waals surface area contributed by atoms with Crippen molar-refractivity contribution in [2.75, 3.05) is 7.05 Å². The van der Waals surface area contributed by atoms with Gasteiger partial charge < -0.3 is 4.57 Å². The van der Waals surface area contributed by atoms with Crippen LogP contribution in [0.1, 0.15) is 6.17 Å². The molecule has 0 spiro atoms. The Morgan fingerprint density at radius 3 is 3.00 bits per heavy atom. The summed E-state index contributed by atoms with van der Waals surface area (Å²) in [5.41, 5.74) is 0.433. The molecule has 2 N–H and O–H groups in total. The second kappa shape index (κ2) is 5.14. The summed E-state index contributed by atoms with van der Waals surface area (Å²) in [4.78, 5) is 3.93. The van der Waals surface area contributed by atoms with Crippen molar-refractivity contribution in [3.63, 3.8) is 0 Å². The van der Waals surface area contributed by atoms with Gasteiger partial charge >= 0.3 is 0 Å². The van der Waals surface area contributed by atoms with Gasteiger partial charge in [-0.1, -0.05) is 12.6 Å². The Bertz CT molecular complexity index is 378. The van der Waals surface area contributed by atoms with E-state index in [1.165, 1.54) is 6.20 Å². The van der Waals surface area contributed by atoms with E-state index in [9.17, 15) is 0 Å². The lowest BCUT2D eigenvalue weighted by Crippen LogP contribution is -2.32. The minimum atomic E-state index is -0.110. The van der Waals surface area contributed by atoms with Gasteiger partial charge in [0.05, 0.1) is 0 Å². The zero-order valence-electron chi connectivity index (χ0n) is 8.14. The van der Waals surface area contributed by atoms with E-state index < -0.39 is 0 Å². The molecule has 1 unspecified atom stereocenters. The zero-order valence-corrected chi connectivity index (χ0v) is 8.14. The molecule has 1 atom stereocenters. The lowest BCUT2D eigenvalue weighted by Gasteiger charge is -2.14. The maximum atomic E-state index is 7.68. The van der Waals surface area contributed by atoms with Crippen molar-refractivity contribution in [2.45, 2.75) is 6.17 Å². The van der Waals surface area contributed by atoms with Crippen LogP contribution in [0.4, 0.5) is 0 Å². The third kappa shape index (κ3) is 2.40. The summed E-state index contributed by atoms with van der Waals surface area (Å²) in [6, 6.07) is 5.44. The first-order valence-electron chi connectivity index (χ1n) is 4.33. The minimum Gasteiger partial charge on any atom is -0.312 e. The highest BCUT2D eigenvalue weighted by Gasteiger charge is 2.02. The average Bonchev–Trinajstić information content (AvgIpc) is 2.21. The molecular weight excluding hydrogens is 176 g/mol. The SMILES string of the molecule is C=C/N=C\C(NC)n1ccccc1=N. The van der Waals surface area contributed by atoms with Crippen LogP contribution in [-0.4, -0.2) is 17.8 Å². The Balaban J connectivity index is 3.00. The van der Waals surface area contributed by atoms with Crippen molar-refractivity contribution < 1.29 is 0 Å². The monoisotopic (exact) mass is 190 g/mol. The standard InChI is InChI=1S/C10H14N4/c1-3-13-8-10(12-2)14-7-5-4-6-9(14)11/h3-8,10-12H,1H2,2H3/b11-9?,13-8-. The summed E-state index contributed by atoms with van der Waals surface area (Å²) in [6.07, 6.45) is 4.89. The molecule has 4 heteroatoms. The van der Waals surface area contributed by atoms with Crippen LogP contribution in [0.2, 0.25) is 0 Å². The molecule has 0 fully saturated rings. The zero-order chi connectivity index (χ0) is 10.4. The maximum Gasteiger partial charge on any atom is 0.126 e. The third-order valence-electron chi connectivity index (χ3n) is 1.82. The Kier molecular flexibility index (Phi) is 3.82. The van der Waals surface area contributed by atoms with Crippen molar-refractivity contribution >= 4 is 6.21 Å². The lowest BCUT2D eigenvalue weighted by atomic mass is 10.4. The van der Waals surface area contributed by atoms with Crippen LogP contribution in [0.3, 0.4) is 0 Å². The van der Waals surface area contributed by atoms with E-state index in [1.54, 1.807) is 16.8 Å². The summed E-state index contributed by atoms with van der Waals surface area (Å²) >= 11 is 0. The number of aliphatic imine (C=N–C) groups is 1. The van der Waals surface area contributed by atoms with Crippen LogP contribution >= 0.6 is 0 Å². The quantitative estimate of drug-likeness (QED) is 0.681. The molecule has 1 aromatic rings. The van der Waals surface area contributed by atoms with Gasteiger partial charge in [0.25, 0.3) is 0 Å². The maximum absolute atomic E-state index is 7.68. The minimum absolute atomic E-state index is 0.110. The van der Waals surface area contributed by atoms with Gasteiger partial charge in [0, 0.05) is 18.6 Å². The second-order valence-electron chi connectivity index (χ2n) is 2.71. The first-order chi connectivity index (χ1) is 6.79. The van der Waals surface area contributed by atoms with E-state index >= 15 is 0 Å². The number of aromatic nitrogens is 1. The van der Waals surface area contributed by atoms with Crippen LogP contribution < -0.4 is 10.8 Å². The number of nitrogens with one attached hydrogen (secondary N) is 2. The smallest absolute Gasteiger partial charge is 0.126 e. The number of nitrogens with zero attached hydrogens (tertiary/aromatic N) is 2. The molecule has 0 saturated carbocycles. The van der Waals surface area contributed by atoms with Crippen LogP contribution in [-0.2, 0) is 0 Å². The van der Waals surface area contributed by atoms with Gasteiger partial charge in [0.15, 0.2) is 0 Å². The summed E-state index contributed by atoms with van der Waals surface area (Å²) < 4.78 is 1.77. The van der Waals surface area contributed by atoms with Gasteiger partial charge in [0.2, 0.25) is 0 Å². The number of hydrogen-bond acceptors (Lipinski definition) is 3. The van der Waals surface area contributed by atoms with E-state index in [-0.39, 0.29) is 6.17 Å². The van der Waals surface area contributed by atoms with Gasteiger partial charge in [-0.25, -0.2) is 0 Å². The molecule has 74 valence electrons. The highest BCUT2D eigenvalue weighted by molar-refractivity contribution is 5.62. The fourth-order valence-electron chi connectivity index (χ4n) is 1.13. The summed E-state index contributed by atoms with van der Waals surface area (Å²) in [5, 5.41) is 10.7. The van der Waals surface area contributed by atoms with E-state index in [2.05, 4.69) is 16.9 Å². The van der Waals surface area contributed by atoms with Gasteiger partial charge in [0.1, 0.15) is 11.7 Å². The summed E-state index contributed by atoms with van der Waals surface area (Å²) in [7, 11) is 1.82. The van der Waals surface area contributed by atoms with Gasteiger partial charge in [-0.3, -0.25) is 15.7 Å². The molecule has 0 bridgehead atoms. The van der Waals surface area contributed by atoms with Crippen molar-refractivity contribution in [1.82, 2.24) is 9.88 Å². The van der Waals surface area contributed by atoms with E-state index in [0.29, 0.717) is 5.49 Å². The molecule has 1 aromatic heterocycles. The first-order valence-corrected chi connectivity index (χ1v) is 4.33. The fourth-order valence-corrected chi connectivity index (χ4v) is 1.13. The molecule has 4 nitrogen and oxygen atoms in total. The molecule has 0 saturated heterocycles. The lowest BCUT2D eigenvalue weighted by molar-refractivity contribution is 0.541. The van der Waals surface area contributed by atoms with E-state index in [4.69, 9.17) is 5.41 Å². The van der Waals surface area contributed by atoms with Crippen molar-refractivity contribution in [1.29, 1.82) is 5.41 Å². The van der Waals surface area contributed by atoms with Crippen LogP contribution in [0.5, 0.6) is 0 Å². The van der Waals surface area contributed by atoms with Gasteiger partial charge in [-0.05, 0) is 19.2 Å². The summed E-state index contributed by atoms with van der Waals surface area (Å²) in [6.45, 7) is 3.50. The number of rotatable bonds is 4. The molecule has 0 aliphatic carbocycles. The Morgan fingerprint density at radius 1 is 1.64 bits per heavy atom. The Morgan fingerprint density at radius 2 is 2.43 bits per heavy atom. The van der Waals surface area contributed by atoms with E-state index in [0.717, 1.165) is 0 Å². The van der Waals surface area contributed by atoms with Crippen LogP contribution in [0.25, 0.3) is 0 Å². The van der Waals surface area contributed by atoms with Crippen molar-refractivity contribution in [2.24, 2.45) is 4.99 Å². The molecule has 0 amide bonds. The third-order valence-corrected chi connectivity index (χ3v) is 1.82. The van der Waals surface area contributed by atoms with Crippen LogP contribution in [0.15, 0.2) is 42.2 Å². The number of pyridine rings is 1. The van der Waals surface area contributed by atoms with Crippen molar-refractivity contribution in [3.8, 4) is 0 Å². The topological polar surface area (TPSA) is 53.2 Å². The predicted molar refractivity (Wildman–Crippen MR) is 57.1 cm³/mol. The van der Waals surface area contributed by atoms with Gasteiger partial charge in [-0.2, -0.15) is 0 Å². The molecule has 0 aromatic carbocycles. The highest BCUT2D eigenvalue weighted by Crippen LogP contribution is 1.93. The van der Waals surface area contributed by atoms with Gasteiger partial charge in [-0.15, -0.1) is 0 Å². The highest BCUT2D eigenvalue weighted by atomic mass is 15.2.